The SMILES string of the molecule is C[C@H](Sc1n[nH]c(=O)n1C1CC1)C(=O)N1CCCc2ccccc21. The van der Waals surface area contributed by atoms with Crippen LogP contribution in [0, 0.1) is 0 Å². The van der Waals surface area contributed by atoms with Gasteiger partial charge in [-0.25, -0.2) is 9.89 Å². The van der Waals surface area contributed by atoms with Crippen LogP contribution in [0.25, 0.3) is 0 Å². The molecule has 2 aromatic rings. The summed E-state index contributed by atoms with van der Waals surface area (Å²) < 4.78 is 1.69. The van der Waals surface area contributed by atoms with Crippen LogP contribution in [0.3, 0.4) is 0 Å². The molecule has 4 rings (SSSR count). The number of carbonyl (C=O) groups excluding carboxylic acids is 1. The summed E-state index contributed by atoms with van der Waals surface area (Å²) in [5.74, 6) is 0.0740. The lowest BCUT2D eigenvalue weighted by Crippen LogP contribution is -2.40. The van der Waals surface area contributed by atoms with Crippen LogP contribution >= 0.6 is 11.8 Å². The van der Waals surface area contributed by atoms with E-state index in [9.17, 15) is 9.59 Å². The molecule has 1 fully saturated rings. The van der Waals surface area contributed by atoms with E-state index in [1.807, 2.05) is 30.0 Å². The minimum atomic E-state index is -0.288. The molecule has 2 aliphatic rings. The Kier molecular flexibility index (Phi) is 3.96. The molecule has 0 unspecified atom stereocenters. The van der Waals surface area contributed by atoms with Crippen molar-refractivity contribution in [1.29, 1.82) is 0 Å². The van der Waals surface area contributed by atoms with Crippen LogP contribution in [-0.2, 0) is 11.2 Å². The molecule has 1 N–H and O–H groups in total. The summed E-state index contributed by atoms with van der Waals surface area (Å²) in [6.45, 7) is 2.64. The molecule has 1 aliphatic heterocycles. The Bertz CT molecular complexity index is 824. The van der Waals surface area contributed by atoms with Gasteiger partial charge in [-0.15, -0.1) is 5.10 Å². The van der Waals surface area contributed by atoms with Crippen molar-refractivity contribution < 1.29 is 4.79 Å². The quantitative estimate of drug-likeness (QED) is 0.865. The highest BCUT2D eigenvalue weighted by atomic mass is 32.2. The lowest BCUT2D eigenvalue weighted by molar-refractivity contribution is -0.117. The number of fused-ring (bicyclic) bond motifs is 1. The number of aromatic amines is 1. The zero-order chi connectivity index (χ0) is 16.7. The largest absolute Gasteiger partial charge is 0.344 e. The van der Waals surface area contributed by atoms with E-state index in [-0.39, 0.29) is 22.9 Å². The third-order valence-electron chi connectivity index (χ3n) is 4.59. The summed E-state index contributed by atoms with van der Waals surface area (Å²) in [7, 11) is 0. The van der Waals surface area contributed by atoms with Crippen molar-refractivity contribution >= 4 is 23.4 Å². The van der Waals surface area contributed by atoms with Gasteiger partial charge >= 0.3 is 5.69 Å². The second-order valence-corrected chi connectivity index (χ2v) is 7.70. The highest BCUT2D eigenvalue weighted by Crippen LogP contribution is 2.37. The zero-order valence-electron chi connectivity index (χ0n) is 13.6. The van der Waals surface area contributed by atoms with Gasteiger partial charge in [-0.1, -0.05) is 30.0 Å². The maximum Gasteiger partial charge on any atom is 0.344 e. The van der Waals surface area contributed by atoms with Gasteiger partial charge in [-0.05, 0) is 44.2 Å². The number of nitrogens with zero attached hydrogens (tertiary/aromatic N) is 3. The lowest BCUT2D eigenvalue weighted by atomic mass is 10.0. The van der Waals surface area contributed by atoms with Crippen molar-refractivity contribution in [3.63, 3.8) is 0 Å². The van der Waals surface area contributed by atoms with E-state index in [1.165, 1.54) is 17.3 Å². The number of hydrogen-bond acceptors (Lipinski definition) is 4. The first-order valence-electron chi connectivity index (χ1n) is 8.38. The molecule has 0 radical (unpaired) electrons. The summed E-state index contributed by atoms with van der Waals surface area (Å²) in [4.78, 5) is 26.7. The highest BCUT2D eigenvalue weighted by Gasteiger charge is 2.32. The van der Waals surface area contributed by atoms with Crippen LogP contribution in [-0.4, -0.2) is 32.5 Å². The molecule has 0 saturated heterocycles. The maximum atomic E-state index is 12.9. The first-order valence-corrected chi connectivity index (χ1v) is 9.26. The molecule has 1 aromatic heterocycles. The Hall–Kier alpha value is -2.02. The number of benzene rings is 1. The average Bonchev–Trinajstić information content (AvgIpc) is 3.37. The number of amides is 1. The third-order valence-corrected chi connectivity index (χ3v) is 5.64. The Labute approximate surface area is 144 Å². The molecule has 24 heavy (non-hydrogen) atoms. The molecule has 1 aromatic carbocycles. The van der Waals surface area contributed by atoms with Crippen LogP contribution in [0.4, 0.5) is 5.69 Å². The zero-order valence-corrected chi connectivity index (χ0v) is 14.4. The predicted molar refractivity (Wildman–Crippen MR) is 93.6 cm³/mol. The number of H-pyrrole nitrogens is 1. The minimum Gasteiger partial charge on any atom is -0.311 e. The van der Waals surface area contributed by atoms with E-state index in [1.54, 1.807) is 4.57 Å². The predicted octanol–water partition coefficient (Wildman–Crippen LogP) is 2.37. The Morgan fingerprint density at radius 2 is 2.17 bits per heavy atom. The molecule has 1 atom stereocenters. The number of hydrogen-bond donors (Lipinski definition) is 1. The molecular weight excluding hydrogens is 324 g/mol. The Morgan fingerprint density at radius 3 is 2.96 bits per heavy atom. The second-order valence-electron chi connectivity index (χ2n) is 6.39. The molecule has 6 nitrogen and oxygen atoms in total. The van der Waals surface area contributed by atoms with E-state index in [0.717, 1.165) is 37.9 Å². The summed E-state index contributed by atoms with van der Waals surface area (Å²) in [6, 6.07) is 8.34. The van der Waals surface area contributed by atoms with Crippen molar-refractivity contribution in [3.05, 3.63) is 40.3 Å². The average molecular weight is 344 g/mol. The molecule has 1 saturated carbocycles. The number of aromatic nitrogens is 3. The molecule has 1 aliphatic carbocycles. The summed E-state index contributed by atoms with van der Waals surface area (Å²) in [5, 5.41) is 6.95. The van der Waals surface area contributed by atoms with E-state index in [0.29, 0.717) is 5.16 Å². The maximum absolute atomic E-state index is 12.9. The molecular formula is C17H20N4O2S. The number of nitrogens with one attached hydrogen (secondary N) is 1. The third kappa shape index (κ3) is 2.77. The fourth-order valence-electron chi connectivity index (χ4n) is 3.22. The van der Waals surface area contributed by atoms with Crippen molar-refractivity contribution in [2.45, 2.75) is 49.1 Å². The number of aryl methyl sites for hydroxylation is 1. The molecule has 0 bridgehead atoms. The lowest BCUT2D eigenvalue weighted by Gasteiger charge is -2.31. The summed E-state index contributed by atoms with van der Waals surface area (Å²) >= 11 is 1.37. The van der Waals surface area contributed by atoms with Gasteiger partial charge in [0, 0.05) is 18.3 Å². The number of para-hydroxylation sites is 1. The molecule has 1 amide bonds. The van der Waals surface area contributed by atoms with Crippen molar-refractivity contribution in [3.8, 4) is 0 Å². The monoisotopic (exact) mass is 344 g/mol. The van der Waals surface area contributed by atoms with Crippen molar-refractivity contribution in [2.75, 3.05) is 11.4 Å². The van der Waals surface area contributed by atoms with Gasteiger partial charge in [0.1, 0.15) is 0 Å². The van der Waals surface area contributed by atoms with E-state index in [2.05, 4.69) is 16.3 Å². The van der Waals surface area contributed by atoms with Gasteiger partial charge in [-0.3, -0.25) is 9.36 Å². The van der Waals surface area contributed by atoms with E-state index >= 15 is 0 Å². The highest BCUT2D eigenvalue weighted by molar-refractivity contribution is 8.00. The normalized spacial score (nSPS) is 18.3. The second kappa shape index (κ2) is 6.12. The number of thioether (sulfide) groups is 1. The van der Waals surface area contributed by atoms with Gasteiger partial charge < -0.3 is 4.90 Å². The van der Waals surface area contributed by atoms with Gasteiger partial charge in [-0.2, -0.15) is 0 Å². The Balaban J connectivity index is 1.54. The van der Waals surface area contributed by atoms with Gasteiger partial charge in [0.15, 0.2) is 5.16 Å². The first-order chi connectivity index (χ1) is 11.6. The van der Waals surface area contributed by atoms with Crippen LogP contribution in [0.1, 0.15) is 37.8 Å². The molecule has 7 heteroatoms. The molecule has 2 heterocycles. The standard InChI is InChI=1S/C17H20N4O2S/c1-11(24-17-19-18-16(23)21(17)13-8-9-13)15(22)20-10-4-6-12-5-2-3-7-14(12)20/h2-3,5,7,11,13H,4,6,8-10H2,1H3,(H,18,23)/t11-/m0/s1. The van der Waals surface area contributed by atoms with E-state index < -0.39 is 0 Å². The Morgan fingerprint density at radius 1 is 1.38 bits per heavy atom. The topological polar surface area (TPSA) is 71.0 Å². The van der Waals surface area contributed by atoms with Gasteiger partial charge in [0.25, 0.3) is 0 Å². The number of rotatable bonds is 4. The molecule has 126 valence electrons. The smallest absolute Gasteiger partial charge is 0.311 e. The fraction of sp³-hybridized carbons (Fsp3) is 0.471. The van der Waals surface area contributed by atoms with Crippen LogP contribution in [0.15, 0.2) is 34.2 Å². The van der Waals surface area contributed by atoms with Gasteiger partial charge in [0.2, 0.25) is 5.91 Å². The summed E-state index contributed by atoms with van der Waals surface area (Å²) in [6.07, 6.45) is 4.01. The van der Waals surface area contributed by atoms with Crippen molar-refractivity contribution in [1.82, 2.24) is 14.8 Å². The number of anilines is 1. The van der Waals surface area contributed by atoms with Crippen LogP contribution in [0.2, 0.25) is 0 Å². The van der Waals surface area contributed by atoms with Crippen LogP contribution in [0.5, 0.6) is 0 Å². The molecule has 0 spiro atoms. The fourth-order valence-corrected chi connectivity index (χ4v) is 4.21. The van der Waals surface area contributed by atoms with E-state index in [4.69, 9.17) is 0 Å². The van der Waals surface area contributed by atoms with Gasteiger partial charge in [0.05, 0.1) is 5.25 Å². The number of carbonyl (C=O) groups is 1. The van der Waals surface area contributed by atoms with Crippen molar-refractivity contribution in [2.24, 2.45) is 0 Å². The minimum absolute atomic E-state index is 0.0740. The van der Waals surface area contributed by atoms with Crippen LogP contribution < -0.4 is 10.6 Å². The summed E-state index contributed by atoms with van der Waals surface area (Å²) in [5.41, 5.74) is 2.06. The first kappa shape index (κ1) is 15.5.